The van der Waals surface area contributed by atoms with Gasteiger partial charge in [0, 0.05) is 6.42 Å². The highest BCUT2D eigenvalue weighted by molar-refractivity contribution is 5.82. The van der Waals surface area contributed by atoms with E-state index in [9.17, 15) is 4.79 Å². The Bertz CT molecular complexity index is 818. The van der Waals surface area contributed by atoms with Gasteiger partial charge < -0.3 is 8.83 Å². The predicted molar refractivity (Wildman–Crippen MR) is 82.3 cm³/mol. The minimum atomic E-state index is -0.220. The van der Waals surface area contributed by atoms with E-state index in [0.717, 1.165) is 16.7 Å². The summed E-state index contributed by atoms with van der Waals surface area (Å²) in [5.74, 6) is 5.85. The summed E-state index contributed by atoms with van der Waals surface area (Å²) in [5, 5.41) is 0. The molecule has 0 saturated carbocycles. The summed E-state index contributed by atoms with van der Waals surface area (Å²) in [7, 11) is 0. The maximum absolute atomic E-state index is 11.2. The largest absolute Gasteiger partial charge is 0.459 e. The number of furan rings is 1. The van der Waals surface area contributed by atoms with Gasteiger partial charge in [-0.15, -0.1) is 0 Å². The van der Waals surface area contributed by atoms with Gasteiger partial charge in [0.1, 0.15) is 5.52 Å². The topological polar surface area (TPSA) is 94.3 Å². The summed E-state index contributed by atoms with van der Waals surface area (Å²) < 4.78 is 11.0. The van der Waals surface area contributed by atoms with Crippen LogP contribution in [0.2, 0.25) is 0 Å². The minimum absolute atomic E-state index is 0.220. The lowest BCUT2D eigenvalue weighted by Gasteiger charge is -2.04. The number of allylic oxidation sites excluding steroid dienone is 1. The molecule has 0 saturated heterocycles. The van der Waals surface area contributed by atoms with Gasteiger partial charge in [-0.1, -0.05) is 12.6 Å². The first-order chi connectivity index (χ1) is 10.7. The van der Waals surface area contributed by atoms with Crippen LogP contribution in [-0.2, 0) is 4.79 Å². The lowest BCUT2D eigenvalue weighted by molar-refractivity contribution is -0.121. The number of nitrogens with zero attached hydrogens (tertiary/aromatic N) is 1. The van der Waals surface area contributed by atoms with Gasteiger partial charge in [-0.25, -0.2) is 10.8 Å². The maximum atomic E-state index is 11.2. The zero-order valence-corrected chi connectivity index (χ0v) is 11.8. The monoisotopic (exact) mass is 297 g/mol. The Kier molecular flexibility index (Phi) is 3.76. The normalized spacial score (nSPS) is 10.8. The highest BCUT2D eigenvalue weighted by atomic mass is 16.4. The Hall–Kier alpha value is -2.86. The fraction of sp³-hybridized carbons (Fsp3) is 0.125. The number of rotatable bonds is 5. The van der Waals surface area contributed by atoms with E-state index in [0.29, 0.717) is 30.1 Å². The standard InChI is InChI=1S/C16H15N3O3/c1-10(4-7-15(20)19-17)11-5-6-12-14(9-11)22-16(18-12)13-3-2-8-21-13/h2-3,5-6,8-9H,1,4,7,17H2,(H,19,20). The smallest absolute Gasteiger partial charge is 0.263 e. The van der Waals surface area contributed by atoms with Crippen molar-refractivity contribution in [3.63, 3.8) is 0 Å². The van der Waals surface area contributed by atoms with E-state index in [1.165, 1.54) is 0 Å². The van der Waals surface area contributed by atoms with E-state index < -0.39 is 0 Å². The third-order valence-electron chi connectivity index (χ3n) is 3.34. The number of fused-ring (bicyclic) bond motifs is 1. The Morgan fingerprint density at radius 3 is 2.91 bits per heavy atom. The number of benzene rings is 1. The first-order valence-electron chi connectivity index (χ1n) is 6.79. The molecular formula is C16H15N3O3. The van der Waals surface area contributed by atoms with Crippen LogP contribution < -0.4 is 11.3 Å². The zero-order chi connectivity index (χ0) is 15.5. The van der Waals surface area contributed by atoms with E-state index in [1.807, 2.05) is 18.2 Å². The molecule has 22 heavy (non-hydrogen) atoms. The van der Waals surface area contributed by atoms with Crippen LogP contribution in [0, 0.1) is 0 Å². The Morgan fingerprint density at radius 1 is 1.32 bits per heavy atom. The van der Waals surface area contributed by atoms with Crippen molar-refractivity contribution in [1.29, 1.82) is 0 Å². The summed E-state index contributed by atoms with van der Waals surface area (Å²) in [6.07, 6.45) is 2.38. The lowest BCUT2D eigenvalue weighted by Crippen LogP contribution is -2.29. The number of hydrogen-bond donors (Lipinski definition) is 2. The molecular weight excluding hydrogens is 282 g/mol. The van der Waals surface area contributed by atoms with E-state index in [-0.39, 0.29) is 5.91 Å². The molecule has 0 atom stereocenters. The molecule has 0 aliphatic rings. The highest BCUT2D eigenvalue weighted by Gasteiger charge is 2.12. The molecule has 3 rings (SSSR count). The molecule has 0 fully saturated rings. The quantitative estimate of drug-likeness (QED) is 0.429. The molecule has 1 aromatic carbocycles. The first-order valence-corrected chi connectivity index (χ1v) is 6.79. The third-order valence-corrected chi connectivity index (χ3v) is 3.34. The van der Waals surface area contributed by atoms with Crippen LogP contribution in [0.3, 0.4) is 0 Å². The van der Waals surface area contributed by atoms with E-state index >= 15 is 0 Å². The van der Waals surface area contributed by atoms with Gasteiger partial charge in [-0.3, -0.25) is 10.2 Å². The van der Waals surface area contributed by atoms with Crippen molar-refractivity contribution in [3.8, 4) is 11.7 Å². The molecule has 2 aromatic heterocycles. The van der Waals surface area contributed by atoms with Crippen LogP contribution in [0.1, 0.15) is 18.4 Å². The number of nitrogens with one attached hydrogen (secondary N) is 1. The number of oxazole rings is 1. The van der Waals surface area contributed by atoms with Gasteiger partial charge in [-0.2, -0.15) is 0 Å². The Labute approximate surface area is 126 Å². The second kappa shape index (κ2) is 5.87. The number of carbonyl (C=O) groups excluding carboxylic acids is 1. The zero-order valence-electron chi connectivity index (χ0n) is 11.8. The number of hydrazine groups is 1. The van der Waals surface area contributed by atoms with Crippen LogP contribution in [0.25, 0.3) is 28.3 Å². The molecule has 0 bridgehead atoms. The lowest BCUT2D eigenvalue weighted by atomic mass is 10.0. The second-order valence-corrected chi connectivity index (χ2v) is 4.85. The molecule has 3 N–H and O–H groups in total. The molecule has 0 unspecified atom stereocenters. The number of hydrogen-bond acceptors (Lipinski definition) is 5. The van der Waals surface area contributed by atoms with Crippen molar-refractivity contribution < 1.29 is 13.6 Å². The average molecular weight is 297 g/mol. The van der Waals surface area contributed by atoms with Crippen molar-refractivity contribution in [2.24, 2.45) is 5.84 Å². The van der Waals surface area contributed by atoms with Crippen LogP contribution in [0.5, 0.6) is 0 Å². The van der Waals surface area contributed by atoms with Crippen molar-refractivity contribution >= 4 is 22.6 Å². The number of carbonyl (C=O) groups is 1. The summed E-state index contributed by atoms with van der Waals surface area (Å²) in [6.45, 7) is 3.99. The molecule has 112 valence electrons. The van der Waals surface area contributed by atoms with Gasteiger partial charge in [0.25, 0.3) is 5.89 Å². The molecule has 1 amide bonds. The predicted octanol–water partition coefficient (Wildman–Crippen LogP) is 2.87. The van der Waals surface area contributed by atoms with Crippen LogP contribution in [0.4, 0.5) is 0 Å². The van der Waals surface area contributed by atoms with Gasteiger partial charge in [0.15, 0.2) is 11.3 Å². The molecule has 0 radical (unpaired) electrons. The van der Waals surface area contributed by atoms with Gasteiger partial charge in [0.05, 0.1) is 6.26 Å². The first kappa shape index (κ1) is 14.1. The molecule has 2 heterocycles. The third kappa shape index (κ3) is 2.77. The van der Waals surface area contributed by atoms with Crippen molar-refractivity contribution in [1.82, 2.24) is 10.4 Å². The summed E-state index contributed by atoms with van der Waals surface area (Å²) >= 11 is 0. The number of amides is 1. The van der Waals surface area contributed by atoms with Gasteiger partial charge >= 0.3 is 0 Å². The van der Waals surface area contributed by atoms with Gasteiger partial charge in [-0.05, 0) is 41.8 Å². The Balaban J connectivity index is 1.83. The van der Waals surface area contributed by atoms with Crippen LogP contribution in [0.15, 0.2) is 52.0 Å². The van der Waals surface area contributed by atoms with Crippen molar-refractivity contribution in [2.45, 2.75) is 12.8 Å². The molecule has 6 heteroatoms. The summed E-state index contributed by atoms with van der Waals surface area (Å²) in [4.78, 5) is 15.6. The van der Waals surface area contributed by atoms with Crippen molar-refractivity contribution in [2.75, 3.05) is 0 Å². The second-order valence-electron chi connectivity index (χ2n) is 4.85. The molecule has 6 nitrogen and oxygen atoms in total. The summed E-state index contributed by atoms with van der Waals surface area (Å²) in [6, 6.07) is 9.18. The van der Waals surface area contributed by atoms with Crippen LogP contribution >= 0.6 is 0 Å². The van der Waals surface area contributed by atoms with E-state index in [2.05, 4.69) is 17.0 Å². The van der Waals surface area contributed by atoms with Crippen molar-refractivity contribution in [3.05, 3.63) is 48.7 Å². The fourth-order valence-corrected chi connectivity index (χ4v) is 2.13. The van der Waals surface area contributed by atoms with Crippen LogP contribution in [-0.4, -0.2) is 10.9 Å². The average Bonchev–Trinajstić information content (AvgIpc) is 3.19. The highest BCUT2D eigenvalue weighted by Crippen LogP contribution is 2.27. The van der Waals surface area contributed by atoms with E-state index in [4.69, 9.17) is 14.7 Å². The number of nitrogens with two attached hydrogens (primary N) is 1. The molecule has 3 aromatic rings. The van der Waals surface area contributed by atoms with Gasteiger partial charge in [0.2, 0.25) is 5.91 Å². The SMILES string of the molecule is C=C(CCC(=O)NN)c1ccc2nc(-c3ccco3)oc2c1. The Morgan fingerprint density at radius 2 is 2.18 bits per heavy atom. The molecule has 0 aliphatic heterocycles. The number of aromatic nitrogens is 1. The minimum Gasteiger partial charge on any atom is -0.459 e. The molecule has 0 spiro atoms. The fourth-order valence-electron chi connectivity index (χ4n) is 2.13. The van der Waals surface area contributed by atoms with E-state index in [1.54, 1.807) is 18.4 Å². The molecule has 0 aliphatic carbocycles. The summed E-state index contributed by atoms with van der Waals surface area (Å²) in [5.41, 5.74) is 5.22. The maximum Gasteiger partial charge on any atom is 0.263 e.